The standard InChI is InChI=1S/C17H12F2N4O3/c18-10-4-5-13(19)14(7-10)22-15(24)12-8-21-17(26)23(16(12)25)9-11-3-1-2-6-20-11/h1-8H,9H2,(H,21,26)(H,22,24). The molecule has 0 saturated carbocycles. The van der Waals surface area contributed by atoms with Crippen LogP contribution in [0.5, 0.6) is 0 Å². The third kappa shape index (κ3) is 3.56. The molecule has 0 spiro atoms. The maximum absolute atomic E-state index is 13.6. The lowest BCUT2D eigenvalue weighted by Crippen LogP contribution is -2.39. The number of aromatic nitrogens is 3. The van der Waals surface area contributed by atoms with E-state index in [0.717, 1.165) is 29.0 Å². The molecular formula is C17H12F2N4O3. The van der Waals surface area contributed by atoms with Crippen LogP contribution in [0.3, 0.4) is 0 Å². The van der Waals surface area contributed by atoms with Gasteiger partial charge in [-0.2, -0.15) is 0 Å². The summed E-state index contributed by atoms with van der Waals surface area (Å²) in [5, 5.41) is 2.11. The molecule has 0 aliphatic rings. The van der Waals surface area contributed by atoms with Gasteiger partial charge in [0, 0.05) is 18.5 Å². The van der Waals surface area contributed by atoms with Crippen LogP contribution in [0.1, 0.15) is 16.1 Å². The number of benzene rings is 1. The Labute approximate surface area is 145 Å². The molecule has 0 radical (unpaired) electrons. The van der Waals surface area contributed by atoms with Crippen LogP contribution in [-0.4, -0.2) is 20.4 Å². The molecule has 2 heterocycles. The highest BCUT2D eigenvalue weighted by molar-refractivity contribution is 6.03. The summed E-state index contributed by atoms with van der Waals surface area (Å²) in [6.45, 7) is -0.148. The monoisotopic (exact) mass is 358 g/mol. The van der Waals surface area contributed by atoms with Crippen molar-refractivity contribution in [3.8, 4) is 0 Å². The first-order valence-corrected chi connectivity index (χ1v) is 7.44. The zero-order valence-corrected chi connectivity index (χ0v) is 13.2. The van der Waals surface area contributed by atoms with E-state index in [1.165, 1.54) is 6.20 Å². The van der Waals surface area contributed by atoms with Crippen LogP contribution in [0.15, 0.2) is 58.4 Å². The number of nitrogens with one attached hydrogen (secondary N) is 2. The van der Waals surface area contributed by atoms with Crippen molar-refractivity contribution < 1.29 is 13.6 Å². The maximum Gasteiger partial charge on any atom is 0.328 e. The number of nitrogens with zero attached hydrogens (tertiary/aromatic N) is 2. The minimum absolute atomic E-state index is 0.148. The number of carbonyl (C=O) groups is 1. The first-order chi connectivity index (χ1) is 12.5. The van der Waals surface area contributed by atoms with E-state index in [1.807, 2.05) is 0 Å². The molecule has 9 heteroatoms. The van der Waals surface area contributed by atoms with Gasteiger partial charge in [-0.1, -0.05) is 6.07 Å². The lowest BCUT2D eigenvalue weighted by Gasteiger charge is -2.08. The van der Waals surface area contributed by atoms with Gasteiger partial charge in [0.1, 0.15) is 17.2 Å². The van der Waals surface area contributed by atoms with Gasteiger partial charge in [0.2, 0.25) is 0 Å². The Hall–Kier alpha value is -3.62. The molecule has 0 atom stereocenters. The van der Waals surface area contributed by atoms with Gasteiger partial charge in [0.25, 0.3) is 11.5 Å². The van der Waals surface area contributed by atoms with E-state index in [-0.39, 0.29) is 6.54 Å². The number of pyridine rings is 1. The summed E-state index contributed by atoms with van der Waals surface area (Å²) in [7, 11) is 0. The average molecular weight is 358 g/mol. The molecule has 1 amide bonds. The highest BCUT2D eigenvalue weighted by Gasteiger charge is 2.17. The minimum atomic E-state index is -0.981. The first-order valence-electron chi connectivity index (χ1n) is 7.44. The number of anilines is 1. The molecule has 1 aromatic carbocycles. The lowest BCUT2D eigenvalue weighted by molar-refractivity contribution is 0.102. The fraction of sp³-hybridized carbons (Fsp3) is 0.0588. The quantitative estimate of drug-likeness (QED) is 0.739. The van der Waals surface area contributed by atoms with Crippen molar-refractivity contribution >= 4 is 11.6 Å². The van der Waals surface area contributed by atoms with Gasteiger partial charge in [-0.25, -0.2) is 13.6 Å². The SMILES string of the molecule is O=C(Nc1cc(F)ccc1F)c1c[nH]c(=O)n(Cc2ccccn2)c1=O. The van der Waals surface area contributed by atoms with Crippen molar-refractivity contribution in [1.29, 1.82) is 0 Å². The topological polar surface area (TPSA) is 96.8 Å². The number of rotatable bonds is 4. The predicted molar refractivity (Wildman–Crippen MR) is 89.0 cm³/mol. The second-order valence-corrected chi connectivity index (χ2v) is 5.30. The zero-order valence-electron chi connectivity index (χ0n) is 13.2. The molecule has 7 nitrogen and oxygen atoms in total. The first kappa shape index (κ1) is 17.2. The van der Waals surface area contributed by atoms with Gasteiger partial charge >= 0.3 is 5.69 Å². The normalized spacial score (nSPS) is 10.5. The number of H-pyrrole nitrogens is 1. The van der Waals surface area contributed by atoms with Gasteiger partial charge < -0.3 is 10.3 Å². The van der Waals surface area contributed by atoms with Crippen LogP contribution in [-0.2, 0) is 6.54 Å². The van der Waals surface area contributed by atoms with Gasteiger partial charge in [-0.3, -0.25) is 19.1 Å². The Balaban J connectivity index is 1.94. The number of carbonyl (C=O) groups excluding carboxylic acids is 1. The summed E-state index contributed by atoms with van der Waals surface area (Å²) in [5.41, 5.74) is -2.02. The highest BCUT2D eigenvalue weighted by atomic mass is 19.1. The summed E-state index contributed by atoms with van der Waals surface area (Å²) in [5.74, 6) is -2.60. The van der Waals surface area contributed by atoms with Gasteiger partial charge in [-0.05, 0) is 24.3 Å². The summed E-state index contributed by atoms with van der Waals surface area (Å²) in [6, 6.07) is 7.49. The lowest BCUT2D eigenvalue weighted by atomic mass is 10.2. The molecule has 132 valence electrons. The van der Waals surface area contributed by atoms with Crippen LogP contribution >= 0.6 is 0 Å². The van der Waals surface area contributed by atoms with Gasteiger partial charge in [0.15, 0.2) is 0 Å². The number of amides is 1. The Morgan fingerprint density at radius 1 is 1.19 bits per heavy atom. The Bertz CT molecular complexity index is 1080. The number of hydrogen-bond acceptors (Lipinski definition) is 4. The molecule has 0 aliphatic heterocycles. The summed E-state index contributed by atoms with van der Waals surface area (Å²) in [6.07, 6.45) is 2.42. The molecular weight excluding hydrogens is 346 g/mol. The van der Waals surface area contributed by atoms with Crippen LogP contribution in [0.25, 0.3) is 0 Å². The number of hydrogen-bond donors (Lipinski definition) is 2. The number of halogens is 2. The highest BCUT2D eigenvalue weighted by Crippen LogP contribution is 2.15. The maximum atomic E-state index is 13.6. The fourth-order valence-corrected chi connectivity index (χ4v) is 2.25. The summed E-state index contributed by atoms with van der Waals surface area (Å²) in [4.78, 5) is 42.9. The molecule has 2 aromatic heterocycles. The van der Waals surface area contributed by atoms with Gasteiger partial charge in [-0.15, -0.1) is 0 Å². The van der Waals surface area contributed by atoms with E-state index < -0.39 is 40.0 Å². The smallest absolute Gasteiger partial charge is 0.319 e. The van der Waals surface area contributed by atoms with Crippen LogP contribution in [0.4, 0.5) is 14.5 Å². The average Bonchev–Trinajstić information content (AvgIpc) is 2.62. The molecule has 0 saturated heterocycles. The molecule has 0 fully saturated rings. The Morgan fingerprint density at radius 3 is 2.73 bits per heavy atom. The minimum Gasteiger partial charge on any atom is -0.319 e. The summed E-state index contributed by atoms with van der Waals surface area (Å²) < 4.78 is 27.6. The van der Waals surface area contributed by atoms with E-state index in [4.69, 9.17) is 0 Å². The number of aromatic amines is 1. The molecule has 0 aliphatic carbocycles. The predicted octanol–water partition coefficient (Wildman–Crippen LogP) is 1.51. The van der Waals surface area contributed by atoms with E-state index in [1.54, 1.807) is 18.2 Å². The van der Waals surface area contributed by atoms with Crippen molar-refractivity contribution in [2.45, 2.75) is 6.54 Å². The molecule has 0 unspecified atom stereocenters. The van der Waals surface area contributed by atoms with Crippen molar-refractivity contribution in [3.05, 3.63) is 92.5 Å². The van der Waals surface area contributed by atoms with E-state index in [2.05, 4.69) is 15.3 Å². The van der Waals surface area contributed by atoms with Crippen molar-refractivity contribution in [3.63, 3.8) is 0 Å². The second-order valence-electron chi connectivity index (χ2n) is 5.30. The largest absolute Gasteiger partial charge is 0.328 e. The van der Waals surface area contributed by atoms with E-state index >= 15 is 0 Å². The Morgan fingerprint density at radius 2 is 2.00 bits per heavy atom. The van der Waals surface area contributed by atoms with Crippen LogP contribution in [0.2, 0.25) is 0 Å². The molecule has 3 aromatic rings. The molecule has 2 N–H and O–H groups in total. The van der Waals surface area contributed by atoms with E-state index in [0.29, 0.717) is 5.69 Å². The van der Waals surface area contributed by atoms with Crippen molar-refractivity contribution in [2.75, 3.05) is 5.32 Å². The van der Waals surface area contributed by atoms with Crippen molar-refractivity contribution in [1.82, 2.24) is 14.5 Å². The third-order valence-corrected chi connectivity index (χ3v) is 3.53. The van der Waals surface area contributed by atoms with Crippen molar-refractivity contribution in [2.24, 2.45) is 0 Å². The molecule has 26 heavy (non-hydrogen) atoms. The van der Waals surface area contributed by atoms with E-state index in [9.17, 15) is 23.2 Å². The second kappa shape index (κ2) is 7.09. The fourth-order valence-electron chi connectivity index (χ4n) is 2.25. The summed E-state index contributed by atoms with van der Waals surface area (Å²) >= 11 is 0. The van der Waals surface area contributed by atoms with Crippen LogP contribution in [0, 0.1) is 11.6 Å². The Kier molecular flexibility index (Phi) is 4.70. The molecule has 0 bridgehead atoms. The third-order valence-electron chi connectivity index (χ3n) is 3.53. The zero-order chi connectivity index (χ0) is 18.7. The van der Waals surface area contributed by atoms with Gasteiger partial charge in [0.05, 0.1) is 17.9 Å². The van der Waals surface area contributed by atoms with Crippen LogP contribution < -0.4 is 16.6 Å². The molecule has 3 rings (SSSR count).